The lowest BCUT2D eigenvalue weighted by molar-refractivity contribution is 0.102. The molecule has 0 saturated carbocycles. The molecule has 1 aliphatic rings. The highest BCUT2D eigenvalue weighted by Gasteiger charge is 2.29. The first-order chi connectivity index (χ1) is 13.4. The van der Waals surface area contributed by atoms with Crippen molar-refractivity contribution in [1.29, 1.82) is 0 Å². The van der Waals surface area contributed by atoms with Crippen LogP contribution in [0.3, 0.4) is 0 Å². The number of carbonyl (C=O) groups excluding carboxylic acids is 1. The molecule has 0 bridgehead atoms. The molecule has 0 amide bonds. The van der Waals surface area contributed by atoms with Crippen LogP contribution in [-0.4, -0.2) is 46.2 Å². The van der Waals surface area contributed by atoms with Gasteiger partial charge in [0.25, 0.3) is 0 Å². The van der Waals surface area contributed by atoms with Crippen LogP contribution in [0.5, 0.6) is 0 Å². The SMILES string of the molecule is Cn1c(CC2CCS(=O)(=O)C2)nnc1SCC(=O)c1cccc2ccccc12. The summed E-state index contributed by atoms with van der Waals surface area (Å²) < 4.78 is 25.2. The van der Waals surface area contributed by atoms with E-state index in [1.807, 2.05) is 54.1 Å². The van der Waals surface area contributed by atoms with Crippen LogP contribution in [0.15, 0.2) is 47.6 Å². The van der Waals surface area contributed by atoms with Crippen molar-refractivity contribution in [3.8, 4) is 0 Å². The maximum atomic E-state index is 12.8. The maximum absolute atomic E-state index is 12.8. The van der Waals surface area contributed by atoms with Crippen LogP contribution in [0.2, 0.25) is 0 Å². The number of ketones is 1. The number of benzene rings is 2. The van der Waals surface area contributed by atoms with Crippen LogP contribution in [-0.2, 0) is 23.3 Å². The molecule has 1 aromatic heterocycles. The second kappa shape index (κ2) is 7.67. The lowest BCUT2D eigenvalue weighted by atomic mass is 10.0. The van der Waals surface area contributed by atoms with Crippen LogP contribution in [0.1, 0.15) is 22.6 Å². The van der Waals surface area contributed by atoms with E-state index in [4.69, 9.17) is 0 Å². The molecule has 28 heavy (non-hydrogen) atoms. The Kier molecular flexibility index (Phi) is 5.25. The molecule has 2 aromatic carbocycles. The van der Waals surface area contributed by atoms with Gasteiger partial charge in [0.15, 0.2) is 20.8 Å². The average molecular weight is 416 g/mol. The molecular formula is C20H21N3O3S2. The van der Waals surface area contributed by atoms with Gasteiger partial charge >= 0.3 is 0 Å². The molecule has 0 spiro atoms. The van der Waals surface area contributed by atoms with E-state index in [-0.39, 0.29) is 29.0 Å². The second-order valence-corrected chi connectivity index (χ2v) is 10.3. The minimum absolute atomic E-state index is 0.0493. The summed E-state index contributed by atoms with van der Waals surface area (Å²) in [7, 11) is -1.03. The number of carbonyl (C=O) groups is 1. The molecule has 0 aliphatic carbocycles. The van der Waals surface area contributed by atoms with Gasteiger partial charge < -0.3 is 4.57 Å². The van der Waals surface area contributed by atoms with Crippen LogP contribution >= 0.6 is 11.8 Å². The molecule has 0 N–H and O–H groups in total. The first kappa shape index (κ1) is 19.1. The third kappa shape index (κ3) is 3.98. The summed E-state index contributed by atoms with van der Waals surface area (Å²) in [6.07, 6.45) is 1.28. The zero-order valence-corrected chi connectivity index (χ0v) is 17.2. The van der Waals surface area contributed by atoms with E-state index >= 15 is 0 Å². The zero-order valence-electron chi connectivity index (χ0n) is 15.5. The maximum Gasteiger partial charge on any atom is 0.191 e. The van der Waals surface area contributed by atoms with Crippen LogP contribution in [0.4, 0.5) is 0 Å². The molecular weight excluding hydrogens is 394 g/mol. The lowest BCUT2D eigenvalue weighted by Gasteiger charge is -2.08. The number of rotatable bonds is 6. The molecule has 1 fully saturated rings. The highest BCUT2D eigenvalue weighted by atomic mass is 32.2. The van der Waals surface area contributed by atoms with E-state index in [0.29, 0.717) is 23.6 Å². The fraction of sp³-hybridized carbons (Fsp3) is 0.350. The van der Waals surface area contributed by atoms with Gasteiger partial charge in [-0.15, -0.1) is 10.2 Å². The lowest BCUT2D eigenvalue weighted by Crippen LogP contribution is -2.11. The number of hydrogen-bond donors (Lipinski definition) is 0. The fourth-order valence-corrected chi connectivity index (χ4v) is 6.29. The van der Waals surface area contributed by atoms with Crippen molar-refractivity contribution < 1.29 is 13.2 Å². The summed E-state index contributed by atoms with van der Waals surface area (Å²) in [5.41, 5.74) is 0.712. The van der Waals surface area contributed by atoms with Crippen molar-refractivity contribution in [2.45, 2.75) is 18.0 Å². The molecule has 2 heterocycles. The highest BCUT2D eigenvalue weighted by Crippen LogP contribution is 2.25. The largest absolute Gasteiger partial charge is 0.309 e. The predicted molar refractivity (Wildman–Crippen MR) is 110 cm³/mol. The Hall–Kier alpha value is -2.19. The van der Waals surface area contributed by atoms with E-state index in [2.05, 4.69) is 10.2 Å². The van der Waals surface area contributed by atoms with Gasteiger partial charge in [0.05, 0.1) is 17.3 Å². The normalized spacial score (nSPS) is 18.5. The number of nitrogens with zero attached hydrogens (tertiary/aromatic N) is 3. The summed E-state index contributed by atoms with van der Waals surface area (Å²) in [5, 5.41) is 11.1. The van der Waals surface area contributed by atoms with Crippen molar-refractivity contribution in [2.24, 2.45) is 13.0 Å². The zero-order chi connectivity index (χ0) is 19.7. The summed E-state index contributed by atoms with van der Waals surface area (Å²) >= 11 is 1.36. The summed E-state index contributed by atoms with van der Waals surface area (Å²) in [6.45, 7) is 0. The van der Waals surface area contributed by atoms with Crippen molar-refractivity contribution >= 4 is 38.2 Å². The van der Waals surface area contributed by atoms with E-state index in [0.717, 1.165) is 16.6 Å². The van der Waals surface area contributed by atoms with E-state index < -0.39 is 9.84 Å². The molecule has 1 atom stereocenters. The third-order valence-corrected chi connectivity index (χ3v) is 8.00. The Morgan fingerprint density at radius 1 is 1.18 bits per heavy atom. The number of Topliss-reactive ketones (excluding diaryl/α,β-unsaturated/α-hetero) is 1. The van der Waals surface area contributed by atoms with E-state index in [9.17, 15) is 13.2 Å². The van der Waals surface area contributed by atoms with Gasteiger partial charge in [-0.3, -0.25) is 4.79 Å². The summed E-state index contributed by atoms with van der Waals surface area (Å²) in [4.78, 5) is 12.8. The highest BCUT2D eigenvalue weighted by molar-refractivity contribution is 7.99. The van der Waals surface area contributed by atoms with Gasteiger partial charge in [-0.1, -0.05) is 54.2 Å². The van der Waals surface area contributed by atoms with Crippen molar-refractivity contribution in [1.82, 2.24) is 14.8 Å². The van der Waals surface area contributed by atoms with Crippen molar-refractivity contribution in [3.63, 3.8) is 0 Å². The summed E-state index contributed by atoms with van der Waals surface area (Å²) in [5.74, 6) is 1.68. The molecule has 0 radical (unpaired) electrons. The van der Waals surface area contributed by atoms with Gasteiger partial charge in [-0.25, -0.2) is 8.42 Å². The van der Waals surface area contributed by atoms with Gasteiger partial charge in [0, 0.05) is 19.0 Å². The van der Waals surface area contributed by atoms with E-state index in [1.54, 1.807) is 0 Å². The van der Waals surface area contributed by atoms with Gasteiger partial charge in [0.1, 0.15) is 5.82 Å². The molecule has 4 rings (SSSR count). The predicted octanol–water partition coefficient (Wildman–Crippen LogP) is 2.92. The topological polar surface area (TPSA) is 81.9 Å². The number of thioether (sulfide) groups is 1. The van der Waals surface area contributed by atoms with Crippen LogP contribution in [0, 0.1) is 5.92 Å². The quantitative estimate of drug-likeness (QED) is 0.455. The minimum atomic E-state index is -2.90. The van der Waals surface area contributed by atoms with Crippen LogP contribution < -0.4 is 0 Å². The van der Waals surface area contributed by atoms with Crippen molar-refractivity contribution in [2.75, 3.05) is 17.3 Å². The molecule has 1 unspecified atom stereocenters. The Bertz CT molecular complexity index is 1130. The first-order valence-corrected chi connectivity index (χ1v) is 12.0. The Labute approximate surface area is 168 Å². The smallest absolute Gasteiger partial charge is 0.191 e. The second-order valence-electron chi connectivity index (χ2n) is 7.17. The third-order valence-electron chi connectivity index (χ3n) is 5.15. The molecule has 3 aromatic rings. The number of hydrogen-bond acceptors (Lipinski definition) is 6. The van der Waals surface area contributed by atoms with Crippen molar-refractivity contribution in [3.05, 3.63) is 53.9 Å². The summed E-state index contributed by atoms with van der Waals surface area (Å²) in [6, 6.07) is 13.6. The van der Waals surface area contributed by atoms with Gasteiger partial charge in [-0.05, 0) is 23.1 Å². The number of aromatic nitrogens is 3. The number of fused-ring (bicyclic) bond motifs is 1. The monoisotopic (exact) mass is 415 g/mol. The Morgan fingerprint density at radius 3 is 2.75 bits per heavy atom. The molecule has 1 saturated heterocycles. The Balaban J connectivity index is 1.44. The molecule has 1 aliphatic heterocycles. The average Bonchev–Trinajstić information content (AvgIpc) is 3.21. The number of sulfone groups is 1. The van der Waals surface area contributed by atoms with Crippen LogP contribution in [0.25, 0.3) is 10.8 Å². The molecule has 146 valence electrons. The first-order valence-electron chi connectivity index (χ1n) is 9.15. The molecule has 8 heteroatoms. The van der Waals surface area contributed by atoms with Gasteiger partial charge in [0.2, 0.25) is 0 Å². The molecule has 6 nitrogen and oxygen atoms in total. The Morgan fingerprint density at radius 2 is 1.96 bits per heavy atom. The fourth-order valence-electron chi connectivity index (χ4n) is 3.62. The standard InChI is InChI=1S/C20H21N3O3S2/c1-23-19(11-14-9-10-28(25,26)13-14)21-22-20(23)27-12-18(24)17-8-4-6-15-5-2-3-7-16(15)17/h2-8,14H,9-13H2,1H3. The van der Waals surface area contributed by atoms with E-state index in [1.165, 1.54) is 11.8 Å². The minimum Gasteiger partial charge on any atom is -0.309 e. The van der Waals surface area contributed by atoms with Gasteiger partial charge in [-0.2, -0.15) is 0 Å².